The maximum atomic E-state index is 12.0. The summed E-state index contributed by atoms with van der Waals surface area (Å²) in [5, 5.41) is 8.97. The molecule has 0 bridgehead atoms. The molecule has 3 N–H and O–H groups in total. The smallest absolute Gasteiger partial charge is 0.277 e. The highest BCUT2D eigenvalue weighted by molar-refractivity contribution is 7.99. The van der Waals surface area contributed by atoms with Crippen molar-refractivity contribution in [2.75, 3.05) is 5.75 Å². The van der Waals surface area contributed by atoms with Crippen LogP contribution in [-0.2, 0) is 0 Å². The molecule has 0 aliphatic carbocycles. The van der Waals surface area contributed by atoms with E-state index in [2.05, 4.69) is 29.8 Å². The van der Waals surface area contributed by atoms with Crippen molar-refractivity contribution in [1.82, 2.24) is 10.2 Å². The van der Waals surface area contributed by atoms with Crippen LogP contribution in [0.2, 0.25) is 5.02 Å². The van der Waals surface area contributed by atoms with Crippen LogP contribution in [0.4, 0.5) is 0 Å². The van der Waals surface area contributed by atoms with Gasteiger partial charge in [-0.15, -0.1) is 10.2 Å². The van der Waals surface area contributed by atoms with E-state index in [1.165, 1.54) is 11.8 Å². The minimum absolute atomic E-state index is 0.00484. The van der Waals surface area contributed by atoms with E-state index < -0.39 is 0 Å². The molecule has 0 spiro atoms. The Kier molecular flexibility index (Phi) is 5.99. The van der Waals surface area contributed by atoms with Crippen LogP contribution in [0.1, 0.15) is 42.6 Å². The zero-order valence-electron chi connectivity index (χ0n) is 12.6. The lowest BCUT2D eigenvalue weighted by Gasteiger charge is -2.05. The molecule has 0 fully saturated rings. The van der Waals surface area contributed by atoms with Gasteiger partial charge in [0.25, 0.3) is 11.1 Å². The van der Waals surface area contributed by atoms with Gasteiger partial charge in [0, 0.05) is 17.0 Å². The molecular formula is C15H19ClN3O2S+. The van der Waals surface area contributed by atoms with Gasteiger partial charge in [-0.05, 0) is 30.2 Å². The molecule has 1 aromatic carbocycles. The van der Waals surface area contributed by atoms with Crippen molar-refractivity contribution in [3.8, 4) is 0 Å². The van der Waals surface area contributed by atoms with Gasteiger partial charge in [-0.1, -0.05) is 37.2 Å². The molecule has 22 heavy (non-hydrogen) atoms. The highest BCUT2D eigenvalue weighted by Crippen LogP contribution is 2.22. The van der Waals surface area contributed by atoms with Crippen LogP contribution < -0.4 is 5.73 Å². The lowest BCUT2D eigenvalue weighted by Crippen LogP contribution is -2.54. The van der Waals surface area contributed by atoms with E-state index in [9.17, 15) is 4.79 Å². The Hall–Kier alpha value is -1.37. The fourth-order valence-electron chi connectivity index (χ4n) is 1.96. The van der Waals surface area contributed by atoms with E-state index in [0.29, 0.717) is 27.6 Å². The van der Waals surface area contributed by atoms with E-state index in [4.69, 9.17) is 16.0 Å². The molecule has 0 aliphatic rings. The Balaban J connectivity index is 1.90. The van der Waals surface area contributed by atoms with Crippen LogP contribution in [-0.4, -0.2) is 21.7 Å². The first kappa shape index (κ1) is 17.0. The second kappa shape index (κ2) is 7.76. The number of nitrogens with zero attached hydrogens (tertiary/aromatic N) is 2. The van der Waals surface area contributed by atoms with Crippen LogP contribution in [0, 0.1) is 5.92 Å². The molecule has 0 aliphatic heterocycles. The fraction of sp³-hybridized carbons (Fsp3) is 0.400. The number of hydrogen-bond acceptors (Lipinski definition) is 5. The van der Waals surface area contributed by atoms with Crippen molar-refractivity contribution in [3.05, 3.63) is 40.7 Å². The quantitative estimate of drug-likeness (QED) is 0.618. The lowest BCUT2D eigenvalue weighted by molar-refractivity contribution is -0.435. The molecule has 5 nitrogen and oxygen atoms in total. The SMILES string of the molecule is CC(C)C[C@@H]([NH3+])c1nnc(SCC(=O)c2ccc(Cl)cc2)o1. The lowest BCUT2D eigenvalue weighted by atomic mass is 10.1. The first-order valence-electron chi connectivity index (χ1n) is 7.03. The van der Waals surface area contributed by atoms with Gasteiger partial charge in [0.15, 0.2) is 11.8 Å². The molecular weight excluding hydrogens is 322 g/mol. The fourth-order valence-corrected chi connectivity index (χ4v) is 2.75. The van der Waals surface area contributed by atoms with Crippen LogP contribution in [0.3, 0.4) is 0 Å². The molecule has 2 aromatic rings. The van der Waals surface area contributed by atoms with Gasteiger partial charge >= 0.3 is 0 Å². The molecule has 1 aromatic heterocycles. The molecule has 118 valence electrons. The summed E-state index contributed by atoms with van der Waals surface area (Å²) in [5.74, 6) is 1.27. The highest BCUT2D eigenvalue weighted by atomic mass is 35.5. The largest absolute Gasteiger partial charge is 0.410 e. The third kappa shape index (κ3) is 4.83. The van der Waals surface area contributed by atoms with Gasteiger partial charge in [-0.3, -0.25) is 4.79 Å². The number of ketones is 1. The van der Waals surface area contributed by atoms with Crippen LogP contribution in [0.5, 0.6) is 0 Å². The van der Waals surface area contributed by atoms with Gasteiger partial charge in [-0.2, -0.15) is 0 Å². The van der Waals surface area contributed by atoms with E-state index in [0.717, 1.165) is 6.42 Å². The van der Waals surface area contributed by atoms with Gasteiger partial charge in [0.05, 0.1) is 5.75 Å². The number of Topliss-reactive ketones (excluding diaryl/α,β-unsaturated/α-hetero) is 1. The second-order valence-electron chi connectivity index (χ2n) is 5.45. The number of halogens is 1. The number of thioether (sulfide) groups is 1. The highest BCUT2D eigenvalue weighted by Gasteiger charge is 2.19. The van der Waals surface area contributed by atoms with Gasteiger partial charge in [0.1, 0.15) is 0 Å². The molecule has 0 amide bonds. The molecule has 1 heterocycles. The predicted octanol–water partition coefficient (Wildman–Crippen LogP) is 3.03. The monoisotopic (exact) mass is 340 g/mol. The van der Waals surface area contributed by atoms with Gasteiger partial charge < -0.3 is 10.2 Å². The first-order valence-corrected chi connectivity index (χ1v) is 8.40. The number of benzene rings is 1. The van der Waals surface area contributed by atoms with Crippen molar-refractivity contribution in [2.45, 2.75) is 31.5 Å². The summed E-state index contributed by atoms with van der Waals surface area (Å²) < 4.78 is 5.56. The number of carbonyl (C=O) groups excluding carboxylic acids is 1. The number of hydrogen-bond donors (Lipinski definition) is 1. The van der Waals surface area contributed by atoms with Crippen molar-refractivity contribution in [2.24, 2.45) is 5.92 Å². The molecule has 7 heteroatoms. The van der Waals surface area contributed by atoms with Crippen LogP contribution in [0.25, 0.3) is 0 Å². The Bertz CT molecular complexity index is 628. The number of rotatable bonds is 7. The molecule has 0 unspecified atom stereocenters. The number of quaternary nitrogens is 1. The van der Waals surface area contributed by atoms with E-state index >= 15 is 0 Å². The third-order valence-electron chi connectivity index (χ3n) is 3.02. The van der Waals surface area contributed by atoms with Crippen molar-refractivity contribution >= 4 is 29.1 Å². The summed E-state index contributed by atoms with van der Waals surface area (Å²) in [4.78, 5) is 12.0. The van der Waals surface area contributed by atoms with E-state index in [-0.39, 0.29) is 17.6 Å². The van der Waals surface area contributed by atoms with Crippen molar-refractivity contribution in [1.29, 1.82) is 0 Å². The number of carbonyl (C=O) groups is 1. The van der Waals surface area contributed by atoms with Crippen molar-refractivity contribution in [3.63, 3.8) is 0 Å². The topological polar surface area (TPSA) is 83.6 Å². The normalized spacial score (nSPS) is 12.6. The summed E-state index contributed by atoms with van der Waals surface area (Å²) in [6.07, 6.45) is 0.885. The van der Waals surface area contributed by atoms with E-state index in [1.54, 1.807) is 24.3 Å². The Morgan fingerprint density at radius 1 is 1.32 bits per heavy atom. The van der Waals surface area contributed by atoms with E-state index in [1.807, 2.05) is 0 Å². The van der Waals surface area contributed by atoms with Gasteiger partial charge in [-0.25, -0.2) is 0 Å². The standard InChI is InChI=1S/C15H18ClN3O2S/c1-9(2)7-12(17)14-18-19-15(21-14)22-8-13(20)10-3-5-11(16)6-4-10/h3-6,9,12H,7-8,17H2,1-2H3/p+1/t12-/m1/s1. The van der Waals surface area contributed by atoms with Crippen molar-refractivity contribution < 1.29 is 14.9 Å². The molecule has 2 rings (SSSR count). The van der Waals surface area contributed by atoms with Crippen LogP contribution in [0.15, 0.2) is 33.9 Å². The summed E-state index contributed by atoms with van der Waals surface area (Å²) in [7, 11) is 0. The Morgan fingerprint density at radius 3 is 2.64 bits per heavy atom. The second-order valence-corrected chi connectivity index (χ2v) is 6.81. The minimum Gasteiger partial charge on any atom is -0.410 e. The molecule has 0 saturated carbocycles. The average Bonchev–Trinajstić information content (AvgIpc) is 2.94. The van der Waals surface area contributed by atoms with Gasteiger partial charge in [0.2, 0.25) is 0 Å². The first-order chi connectivity index (χ1) is 10.5. The van der Waals surface area contributed by atoms with Crippen LogP contribution >= 0.6 is 23.4 Å². The maximum absolute atomic E-state index is 12.0. The Labute approximate surface area is 138 Å². The summed E-state index contributed by atoms with van der Waals surface area (Å²) >= 11 is 7.04. The Morgan fingerprint density at radius 2 is 2.00 bits per heavy atom. The minimum atomic E-state index is -0.0196. The summed E-state index contributed by atoms with van der Waals surface area (Å²) in [6, 6.07) is 6.79. The molecule has 1 atom stereocenters. The average molecular weight is 341 g/mol. The summed E-state index contributed by atoms with van der Waals surface area (Å²) in [6.45, 7) is 4.24. The third-order valence-corrected chi connectivity index (χ3v) is 4.09. The predicted molar refractivity (Wildman–Crippen MR) is 85.9 cm³/mol. The maximum Gasteiger partial charge on any atom is 0.277 e. The zero-order chi connectivity index (χ0) is 16.1. The number of aromatic nitrogens is 2. The molecule has 0 radical (unpaired) electrons. The zero-order valence-corrected chi connectivity index (χ0v) is 14.2. The molecule has 0 saturated heterocycles. The summed E-state index contributed by atoms with van der Waals surface area (Å²) in [5.41, 5.74) is 4.64.